The zero-order chi connectivity index (χ0) is 5.54. The van der Waals surface area contributed by atoms with E-state index >= 15 is 0 Å². The van der Waals surface area contributed by atoms with Crippen LogP contribution in [-0.4, -0.2) is 19.4 Å². The summed E-state index contributed by atoms with van der Waals surface area (Å²) < 4.78 is 0. The topological polar surface area (TPSA) is 76.4 Å². The second-order valence-electron chi connectivity index (χ2n) is 0.989. The number of hydrogen-bond donors (Lipinski definition) is 3. The Balaban J connectivity index is 0.000000162. The summed E-state index contributed by atoms with van der Waals surface area (Å²) in [4.78, 5) is 3.85. The molecule has 0 aromatic heterocycles. The molecule has 0 atom stereocenters. The second-order valence-corrected chi connectivity index (χ2v) is 0.989. The molecular weight excluding hydrogens is 92.1 g/mol. The van der Waals surface area contributed by atoms with Crippen molar-refractivity contribution in [2.45, 2.75) is 0 Å². The average Bonchev–Trinajstić information content (AvgIpc) is 2.23. The van der Waals surface area contributed by atoms with Crippen molar-refractivity contribution in [1.82, 2.24) is 5.32 Å². The Hall–Kier alpha value is -0.610. The maximum Gasteiger partial charge on any atom is 0.0825 e. The molecule has 0 bridgehead atoms. The molecule has 42 valence electrons. The molecule has 7 heavy (non-hydrogen) atoms. The summed E-state index contributed by atoms with van der Waals surface area (Å²) in [6.07, 6.45) is 1.74. The van der Waals surface area contributed by atoms with Crippen LogP contribution in [0.1, 0.15) is 0 Å². The molecule has 0 fully saturated rings. The van der Waals surface area contributed by atoms with Crippen LogP contribution >= 0.6 is 0 Å². The molecular formula is C3H10N4. The van der Waals surface area contributed by atoms with Crippen LogP contribution in [0.3, 0.4) is 0 Å². The fourth-order valence-corrected chi connectivity index (χ4v) is 0.323. The van der Waals surface area contributed by atoms with Gasteiger partial charge in [-0.2, -0.15) is 0 Å². The predicted octanol–water partition coefficient (Wildman–Crippen LogP) is -1.56. The third-order valence-corrected chi connectivity index (χ3v) is 0.568. The van der Waals surface area contributed by atoms with E-state index in [-0.39, 0.29) is 0 Å². The van der Waals surface area contributed by atoms with Gasteiger partial charge in [-0.1, -0.05) is 0 Å². The first-order valence-corrected chi connectivity index (χ1v) is 2.05. The van der Waals surface area contributed by atoms with E-state index in [2.05, 4.69) is 22.0 Å². The highest BCUT2D eigenvalue weighted by Crippen LogP contribution is 1.68. The number of aliphatic imine (C=N–C) groups is 1. The largest absolute Gasteiger partial charge is 0.375 e. The molecule has 0 radical (unpaired) electrons. The van der Waals surface area contributed by atoms with Crippen LogP contribution < -0.4 is 17.0 Å². The van der Waals surface area contributed by atoms with E-state index in [4.69, 9.17) is 0 Å². The summed E-state index contributed by atoms with van der Waals surface area (Å²) in [7, 11) is 0. The van der Waals surface area contributed by atoms with E-state index in [0.29, 0.717) is 0 Å². The van der Waals surface area contributed by atoms with E-state index in [1.807, 2.05) is 0 Å². The first-order valence-electron chi connectivity index (χ1n) is 2.05. The number of nitrogens with two attached hydrogens (primary N) is 2. The minimum atomic E-state index is 0.958. The van der Waals surface area contributed by atoms with Crippen molar-refractivity contribution >= 4 is 6.34 Å². The predicted molar refractivity (Wildman–Crippen MR) is 29.7 cm³/mol. The van der Waals surface area contributed by atoms with Gasteiger partial charge < -0.3 is 5.32 Å². The van der Waals surface area contributed by atoms with E-state index < -0.39 is 0 Å². The first-order chi connectivity index (χ1) is 3.50. The Morgan fingerprint density at radius 3 is 2.43 bits per heavy atom. The monoisotopic (exact) mass is 102 g/mol. The van der Waals surface area contributed by atoms with Crippen molar-refractivity contribution < 1.29 is 0 Å². The highest BCUT2D eigenvalue weighted by molar-refractivity contribution is 5.56. The van der Waals surface area contributed by atoms with Crippen LogP contribution in [-0.2, 0) is 0 Å². The Morgan fingerprint density at radius 1 is 1.57 bits per heavy atom. The van der Waals surface area contributed by atoms with Crippen molar-refractivity contribution in [1.29, 1.82) is 0 Å². The van der Waals surface area contributed by atoms with E-state index in [9.17, 15) is 0 Å². The third kappa shape index (κ3) is 3.21. The van der Waals surface area contributed by atoms with Crippen molar-refractivity contribution in [3.8, 4) is 0 Å². The van der Waals surface area contributed by atoms with Gasteiger partial charge in [0.15, 0.2) is 0 Å². The molecule has 0 aliphatic carbocycles. The minimum absolute atomic E-state index is 0.958. The molecule has 1 rings (SSSR count). The van der Waals surface area contributed by atoms with Crippen LogP contribution in [0.25, 0.3) is 0 Å². The molecule has 0 saturated carbocycles. The van der Waals surface area contributed by atoms with Gasteiger partial charge in [0.05, 0.1) is 12.9 Å². The standard InChI is InChI=1S/C3H6N2.H4N2/c1-2-5-3-4-1;1-2/h3H,1-2H2,(H,4,5);1-2H2. The number of nitrogens with zero attached hydrogens (tertiary/aromatic N) is 1. The SMILES string of the molecule is C1=NCCN1.NN. The van der Waals surface area contributed by atoms with Crippen LogP contribution in [0, 0.1) is 0 Å². The molecule has 5 N–H and O–H groups in total. The lowest BCUT2D eigenvalue weighted by Crippen LogP contribution is -2.04. The van der Waals surface area contributed by atoms with E-state index in [1.165, 1.54) is 0 Å². The van der Waals surface area contributed by atoms with Crippen LogP contribution in [0.4, 0.5) is 0 Å². The van der Waals surface area contributed by atoms with Gasteiger partial charge in [-0.15, -0.1) is 0 Å². The van der Waals surface area contributed by atoms with E-state index in [1.54, 1.807) is 6.34 Å². The summed E-state index contributed by atoms with van der Waals surface area (Å²) in [5, 5.41) is 2.93. The van der Waals surface area contributed by atoms with Crippen LogP contribution in [0.15, 0.2) is 4.99 Å². The minimum Gasteiger partial charge on any atom is -0.375 e. The van der Waals surface area contributed by atoms with Gasteiger partial charge in [0.1, 0.15) is 0 Å². The molecule has 0 unspecified atom stereocenters. The zero-order valence-electron chi connectivity index (χ0n) is 4.09. The smallest absolute Gasteiger partial charge is 0.0825 e. The van der Waals surface area contributed by atoms with E-state index in [0.717, 1.165) is 13.1 Å². The van der Waals surface area contributed by atoms with Gasteiger partial charge >= 0.3 is 0 Å². The normalized spacial score (nSPS) is 14.6. The highest BCUT2D eigenvalue weighted by atomic mass is 15.0. The Morgan fingerprint density at radius 2 is 2.29 bits per heavy atom. The highest BCUT2D eigenvalue weighted by Gasteiger charge is 1.82. The number of rotatable bonds is 0. The van der Waals surface area contributed by atoms with Gasteiger partial charge in [-0.05, 0) is 0 Å². The Kier molecular flexibility index (Phi) is 4.92. The lowest BCUT2D eigenvalue weighted by molar-refractivity contribution is 0.965. The summed E-state index contributed by atoms with van der Waals surface area (Å²) >= 11 is 0. The summed E-state index contributed by atoms with van der Waals surface area (Å²) in [5.41, 5.74) is 0. The Labute approximate surface area is 42.6 Å². The maximum absolute atomic E-state index is 4.00. The van der Waals surface area contributed by atoms with Crippen molar-refractivity contribution in [3.63, 3.8) is 0 Å². The maximum atomic E-state index is 4.00. The quantitative estimate of drug-likeness (QED) is 0.255. The molecule has 0 aromatic carbocycles. The molecule has 1 aliphatic rings. The first kappa shape index (κ1) is 6.39. The molecule has 0 saturated heterocycles. The number of nitrogens with one attached hydrogen (secondary N) is 1. The summed E-state index contributed by atoms with van der Waals surface area (Å²) in [5.74, 6) is 8.00. The average molecular weight is 102 g/mol. The molecule has 0 amide bonds. The van der Waals surface area contributed by atoms with Crippen molar-refractivity contribution in [2.75, 3.05) is 13.1 Å². The van der Waals surface area contributed by atoms with Crippen LogP contribution in [0.2, 0.25) is 0 Å². The molecule has 0 spiro atoms. The molecule has 4 heteroatoms. The van der Waals surface area contributed by atoms with Crippen LogP contribution in [0.5, 0.6) is 0 Å². The van der Waals surface area contributed by atoms with Crippen molar-refractivity contribution in [3.05, 3.63) is 0 Å². The van der Waals surface area contributed by atoms with Gasteiger partial charge in [0, 0.05) is 6.54 Å². The summed E-state index contributed by atoms with van der Waals surface area (Å²) in [6.45, 7) is 1.99. The third-order valence-electron chi connectivity index (χ3n) is 0.568. The molecule has 1 aliphatic heterocycles. The fourth-order valence-electron chi connectivity index (χ4n) is 0.323. The summed E-state index contributed by atoms with van der Waals surface area (Å²) in [6, 6.07) is 0. The number of hydrazine groups is 1. The lowest BCUT2D eigenvalue weighted by Gasteiger charge is -1.75. The molecule has 4 nitrogen and oxygen atoms in total. The zero-order valence-corrected chi connectivity index (χ0v) is 4.09. The van der Waals surface area contributed by atoms with Gasteiger partial charge in [0.25, 0.3) is 0 Å². The van der Waals surface area contributed by atoms with Gasteiger partial charge in [0.2, 0.25) is 0 Å². The molecule has 0 aromatic rings. The second kappa shape index (κ2) is 5.39. The lowest BCUT2D eigenvalue weighted by atomic mass is 10.7. The number of hydrogen-bond acceptors (Lipinski definition) is 4. The Bertz CT molecular complexity index is 44.9. The molecule has 1 heterocycles. The van der Waals surface area contributed by atoms with Gasteiger partial charge in [-0.3, -0.25) is 16.7 Å². The fraction of sp³-hybridized carbons (Fsp3) is 0.667. The van der Waals surface area contributed by atoms with Gasteiger partial charge in [-0.25, -0.2) is 0 Å². The van der Waals surface area contributed by atoms with Crippen molar-refractivity contribution in [2.24, 2.45) is 16.7 Å².